The number of aliphatic hydroxyl groups is 1. The topological polar surface area (TPSA) is 89.9 Å². The quantitative estimate of drug-likeness (QED) is 0.244. The first-order valence-corrected chi connectivity index (χ1v) is 11.2. The summed E-state index contributed by atoms with van der Waals surface area (Å²) in [7, 11) is 0. The molecular formula is C28H34O6. The maximum Gasteiger partial charge on any atom is 0.306 e. The van der Waals surface area contributed by atoms with Crippen molar-refractivity contribution in [3.05, 3.63) is 97.1 Å². The van der Waals surface area contributed by atoms with Crippen molar-refractivity contribution < 1.29 is 29.0 Å². The maximum absolute atomic E-state index is 11.5. The van der Waals surface area contributed by atoms with Gasteiger partial charge in [-0.2, -0.15) is 0 Å². The summed E-state index contributed by atoms with van der Waals surface area (Å²) in [4.78, 5) is 33.6. The predicted molar refractivity (Wildman–Crippen MR) is 131 cm³/mol. The van der Waals surface area contributed by atoms with E-state index in [1.165, 1.54) is 0 Å². The van der Waals surface area contributed by atoms with Gasteiger partial charge in [-0.1, -0.05) is 72.8 Å². The zero-order valence-electron chi connectivity index (χ0n) is 19.5. The van der Waals surface area contributed by atoms with Crippen LogP contribution in [0.3, 0.4) is 0 Å². The maximum atomic E-state index is 11.5. The van der Waals surface area contributed by atoms with Crippen LogP contribution >= 0.6 is 0 Å². The molecule has 0 aliphatic rings. The molecule has 0 unspecified atom stereocenters. The van der Waals surface area contributed by atoms with Gasteiger partial charge in [0.05, 0.1) is 12.8 Å². The molecule has 0 saturated carbocycles. The number of ether oxygens (including phenoxy) is 2. The van der Waals surface area contributed by atoms with Crippen LogP contribution in [0, 0.1) is 11.8 Å². The smallest absolute Gasteiger partial charge is 0.306 e. The number of benzene rings is 2. The molecule has 2 aromatic carbocycles. The summed E-state index contributed by atoms with van der Waals surface area (Å²) in [6.45, 7) is 7.64. The average molecular weight is 467 g/mol. The monoisotopic (exact) mass is 466 g/mol. The number of esters is 2. The zero-order valence-corrected chi connectivity index (χ0v) is 19.5. The van der Waals surface area contributed by atoms with Gasteiger partial charge in [0.15, 0.2) is 0 Å². The molecule has 34 heavy (non-hydrogen) atoms. The van der Waals surface area contributed by atoms with Gasteiger partial charge in [-0.15, -0.1) is 13.2 Å². The minimum Gasteiger partial charge on any atom is -0.461 e. The Bertz CT molecular complexity index is 863. The van der Waals surface area contributed by atoms with E-state index in [2.05, 4.69) is 13.2 Å². The molecular weight excluding hydrogens is 432 g/mol. The van der Waals surface area contributed by atoms with Gasteiger partial charge in [0.1, 0.15) is 19.5 Å². The minimum absolute atomic E-state index is 0.0214. The minimum atomic E-state index is -0.354. The molecule has 6 heteroatoms. The Labute approximate surface area is 201 Å². The molecule has 0 fully saturated rings. The van der Waals surface area contributed by atoms with Gasteiger partial charge in [0.25, 0.3) is 0 Å². The van der Waals surface area contributed by atoms with Gasteiger partial charge in [-0.3, -0.25) is 9.59 Å². The molecule has 2 atom stereocenters. The van der Waals surface area contributed by atoms with Crippen LogP contribution in [-0.4, -0.2) is 29.9 Å². The summed E-state index contributed by atoms with van der Waals surface area (Å²) in [5.41, 5.74) is 1.90. The summed E-state index contributed by atoms with van der Waals surface area (Å²) >= 11 is 0. The Morgan fingerprint density at radius 2 is 1.26 bits per heavy atom. The zero-order chi connectivity index (χ0) is 25.0. The van der Waals surface area contributed by atoms with Crippen LogP contribution in [-0.2, 0) is 37.1 Å². The highest BCUT2D eigenvalue weighted by atomic mass is 16.5. The van der Waals surface area contributed by atoms with Gasteiger partial charge in [-0.25, -0.2) is 0 Å². The van der Waals surface area contributed by atoms with Gasteiger partial charge >= 0.3 is 11.9 Å². The summed E-state index contributed by atoms with van der Waals surface area (Å²) in [6.07, 6.45) is 5.57. The third kappa shape index (κ3) is 13.1. The van der Waals surface area contributed by atoms with E-state index >= 15 is 0 Å². The molecule has 0 aliphatic heterocycles. The summed E-state index contributed by atoms with van der Waals surface area (Å²) in [6, 6.07) is 19.0. The van der Waals surface area contributed by atoms with Crippen molar-refractivity contribution in [3.63, 3.8) is 0 Å². The van der Waals surface area contributed by atoms with E-state index in [4.69, 9.17) is 14.6 Å². The predicted octanol–water partition coefficient (Wildman–Crippen LogP) is 4.82. The first-order valence-electron chi connectivity index (χ1n) is 11.2. The lowest BCUT2D eigenvalue weighted by atomic mass is 10.0. The molecule has 0 aromatic heterocycles. The highest BCUT2D eigenvalue weighted by Crippen LogP contribution is 2.11. The summed E-state index contributed by atoms with van der Waals surface area (Å²) in [5, 5.41) is 9.04. The molecule has 1 N–H and O–H groups in total. The first kappa shape index (κ1) is 28.5. The molecule has 0 amide bonds. The lowest BCUT2D eigenvalue weighted by Crippen LogP contribution is -2.14. The van der Waals surface area contributed by atoms with E-state index in [0.29, 0.717) is 12.8 Å². The molecule has 0 heterocycles. The molecule has 0 saturated heterocycles. The van der Waals surface area contributed by atoms with Crippen molar-refractivity contribution in [3.8, 4) is 0 Å². The van der Waals surface area contributed by atoms with Crippen molar-refractivity contribution in [1.82, 2.24) is 0 Å². The van der Waals surface area contributed by atoms with Crippen LogP contribution in [0.5, 0.6) is 0 Å². The second-order valence-electron chi connectivity index (χ2n) is 7.69. The van der Waals surface area contributed by atoms with E-state index < -0.39 is 0 Å². The number of carbonyl (C=O) groups excluding carboxylic acids is 3. The lowest BCUT2D eigenvalue weighted by molar-refractivity contribution is -0.147. The Kier molecular flexibility index (Phi) is 15.1. The fourth-order valence-electron chi connectivity index (χ4n) is 2.90. The highest BCUT2D eigenvalue weighted by Gasteiger charge is 2.13. The number of hydrogen-bond donors (Lipinski definition) is 1. The van der Waals surface area contributed by atoms with E-state index in [1.54, 1.807) is 12.2 Å². The van der Waals surface area contributed by atoms with Gasteiger partial charge in [-0.05, 0) is 29.9 Å². The Morgan fingerprint density at radius 3 is 1.68 bits per heavy atom. The Balaban J connectivity index is 0.000000340. The van der Waals surface area contributed by atoms with Crippen molar-refractivity contribution in [2.24, 2.45) is 11.8 Å². The van der Waals surface area contributed by atoms with Crippen LogP contribution < -0.4 is 0 Å². The van der Waals surface area contributed by atoms with Crippen molar-refractivity contribution in [2.45, 2.75) is 38.9 Å². The van der Waals surface area contributed by atoms with E-state index in [9.17, 15) is 14.4 Å². The molecule has 2 aromatic rings. The Morgan fingerprint density at radius 1 is 0.794 bits per heavy atom. The van der Waals surface area contributed by atoms with Gasteiger partial charge in [0.2, 0.25) is 0 Å². The normalized spacial score (nSPS) is 11.7. The van der Waals surface area contributed by atoms with Crippen molar-refractivity contribution in [1.29, 1.82) is 0 Å². The number of allylic oxidation sites excluding steroid dienone is 2. The number of aliphatic hydroxyl groups excluding tert-OH is 1. The molecule has 0 spiro atoms. The van der Waals surface area contributed by atoms with Crippen molar-refractivity contribution >= 4 is 18.2 Å². The fourth-order valence-corrected chi connectivity index (χ4v) is 2.90. The van der Waals surface area contributed by atoms with Gasteiger partial charge in [0, 0.05) is 12.5 Å². The number of carbonyl (C=O) groups is 3. The van der Waals surface area contributed by atoms with E-state index in [0.717, 1.165) is 17.4 Å². The third-order valence-electron chi connectivity index (χ3n) is 4.79. The van der Waals surface area contributed by atoms with Crippen LogP contribution in [0.25, 0.3) is 0 Å². The summed E-state index contributed by atoms with van der Waals surface area (Å²) in [5.74, 6) is -1.05. The van der Waals surface area contributed by atoms with Crippen LogP contribution in [0.15, 0.2) is 86.0 Å². The standard InChI is InChI=1S/C14H18O3.C14H16O3/c2*1-2-6-13(10-15)9-14(16)17-11-12-7-4-3-5-8-12/h2-5,7-8,13,15H,1,6,9-11H2;2-5,7-8,10,13H,1,6,9,11H2/t2*13-/m11/s1. The average Bonchev–Trinajstić information content (AvgIpc) is 2.87. The van der Waals surface area contributed by atoms with Crippen LogP contribution in [0.4, 0.5) is 0 Å². The molecule has 6 nitrogen and oxygen atoms in total. The largest absolute Gasteiger partial charge is 0.461 e. The highest BCUT2D eigenvalue weighted by molar-refractivity contribution is 5.73. The number of rotatable bonds is 14. The fraction of sp³-hybridized carbons (Fsp3) is 0.321. The second kappa shape index (κ2) is 18.0. The number of hydrogen-bond acceptors (Lipinski definition) is 6. The van der Waals surface area contributed by atoms with E-state index in [1.807, 2.05) is 60.7 Å². The van der Waals surface area contributed by atoms with Crippen LogP contribution in [0.2, 0.25) is 0 Å². The Hall–Kier alpha value is -3.51. The lowest BCUT2D eigenvalue weighted by Gasteiger charge is -2.11. The van der Waals surface area contributed by atoms with Gasteiger partial charge < -0.3 is 19.4 Å². The SMILES string of the molecule is C=CC[C@@H](C=O)CC(=O)OCc1ccccc1.C=CC[C@@H](CO)CC(=O)OCc1ccccc1. The number of aldehydes is 1. The molecule has 0 radical (unpaired) electrons. The van der Waals surface area contributed by atoms with E-state index in [-0.39, 0.29) is 56.4 Å². The first-order chi connectivity index (χ1) is 16.5. The molecule has 2 rings (SSSR count). The third-order valence-corrected chi connectivity index (χ3v) is 4.79. The summed E-state index contributed by atoms with van der Waals surface area (Å²) < 4.78 is 10.2. The molecule has 0 bridgehead atoms. The van der Waals surface area contributed by atoms with Crippen molar-refractivity contribution in [2.75, 3.05) is 6.61 Å². The molecule has 0 aliphatic carbocycles. The second-order valence-corrected chi connectivity index (χ2v) is 7.69. The molecule has 182 valence electrons. The van der Waals surface area contributed by atoms with Crippen LogP contribution in [0.1, 0.15) is 36.8 Å².